The summed E-state index contributed by atoms with van der Waals surface area (Å²) in [5.74, 6) is 0.567. The van der Waals surface area contributed by atoms with Crippen LogP contribution in [0, 0.1) is 13.8 Å². The molecule has 0 aliphatic heterocycles. The van der Waals surface area contributed by atoms with Gasteiger partial charge in [0.05, 0.1) is 11.5 Å². The highest BCUT2D eigenvalue weighted by Crippen LogP contribution is 2.27. The molecule has 0 atom stereocenters. The van der Waals surface area contributed by atoms with Gasteiger partial charge in [-0.3, -0.25) is 0 Å². The first-order chi connectivity index (χ1) is 9.52. The van der Waals surface area contributed by atoms with Gasteiger partial charge in [-0.2, -0.15) is 0 Å². The van der Waals surface area contributed by atoms with E-state index in [9.17, 15) is 0 Å². The Balaban J connectivity index is 2.10. The van der Waals surface area contributed by atoms with Gasteiger partial charge >= 0.3 is 0 Å². The fourth-order valence-corrected chi connectivity index (χ4v) is 2.46. The van der Waals surface area contributed by atoms with Crippen LogP contribution in [0.5, 0.6) is 0 Å². The van der Waals surface area contributed by atoms with E-state index < -0.39 is 0 Å². The molecule has 2 aromatic heterocycles. The molecule has 5 heteroatoms. The first kappa shape index (κ1) is 14.8. The maximum absolute atomic E-state index is 5.96. The molecule has 110 valence electrons. The smallest absolute Gasteiger partial charge is 0.145 e. The third-order valence-electron chi connectivity index (χ3n) is 3.66. The number of nitrogen functional groups attached to an aromatic ring is 1. The third kappa shape index (κ3) is 2.93. The Labute approximate surface area is 120 Å². The number of ether oxygens (including phenoxy) is 1. The molecule has 0 fully saturated rings. The predicted molar refractivity (Wildman–Crippen MR) is 81.7 cm³/mol. The van der Waals surface area contributed by atoms with E-state index >= 15 is 0 Å². The molecule has 2 N–H and O–H groups in total. The summed E-state index contributed by atoms with van der Waals surface area (Å²) in [6.45, 7) is 10.1. The summed E-state index contributed by atoms with van der Waals surface area (Å²) >= 11 is 0. The lowest BCUT2D eigenvalue weighted by Crippen LogP contribution is -2.06. The van der Waals surface area contributed by atoms with Gasteiger partial charge < -0.3 is 15.0 Å². The average Bonchev–Trinajstić information content (AvgIpc) is 2.64. The molecule has 2 rings (SSSR count). The lowest BCUT2D eigenvalue weighted by molar-refractivity contribution is 0.0754. The highest BCUT2D eigenvalue weighted by molar-refractivity contribution is 5.90. The number of nitrogens with zero attached hydrogens (tertiary/aromatic N) is 3. The molecular weight excluding hydrogens is 252 g/mol. The number of hydrogen-bond donors (Lipinski definition) is 1. The minimum absolute atomic E-state index is 0.305. The van der Waals surface area contributed by atoms with E-state index in [4.69, 9.17) is 10.5 Å². The summed E-state index contributed by atoms with van der Waals surface area (Å²) < 4.78 is 7.80. The fourth-order valence-electron chi connectivity index (χ4n) is 2.46. The van der Waals surface area contributed by atoms with E-state index in [0.29, 0.717) is 11.9 Å². The third-order valence-corrected chi connectivity index (χ3v) is 3.66. The number of hydrogen-bond acceptors (Lipinski definition) is 4. The highest BCUT2D eigenvalue weighted by atomic mass is 16.5. The van der Waals surface area contributed by atoms with Crippen molar-refractivity contribution in [2.75, 3.05) is 12.3 Å². The molecule has 2 aromatic rings. The number of nitrogens with two attached hydrogens (primary N) is 1. The van der Waals surface area contributed by atoms with Crippen LogP contribution >= 0.6 is 0 Å². The van der Waals surface area contributed by atoms with Crippen LogP contribution in [0.2, 0.25) is 0 Å². The second-order valence-corrected chi connectivity index (χ2v) is 5.45. The van der Waals surface area contributed by atoms with Crippen molar-refractivity contribution >= 4 is 16.9 Å². The van der Waals surface area contributed by atoms with Crippen molar-refractivity contribution in [3.05, 3.63) is 17.6 Å². The van der Waals surface area contributed by atoms with Gasteiger partial charge in [-0.1, -0.05) is 0 Å². The number of unbranched alkanes of at least 4 members (excludes halogenated alkanes) is 1. The van der Waals surface area contributed by atoms with Gasteiger partial charge in [-0.15, -0.1) is 0 Å². The van der Waals surface area contributed by atoms with Gasteiger partial charge in [-0.25, -0.2) is 9.97 Å². The normalized spacial score (nSPS) is 11.7. The summed E-state index contributed by atoms with van der Waals surface area (Å²) in [4.78, 5) is 8.48. The van der Waals surface area contributed by atoms with Crippen LogP contribution in [-0.2, 0) is 11.3 Å². The minimum atomic E-state index is 0.305. The van der Waals surface area contributed by atoms with Gasteiger partial charge in [0.25, 0.3) is 0 Å². The molecule has 0 unspecified atom stereocenters. The van der Waals surface area contributed by atoms with Crippen molar-refractivity contribution in [1.82, 2.24) is 14.5 Å². The molecule has 0 radical (unpaired) electrons. The van der Waals surface area contributed by atoms with E-state index in [1.807, 2.05) is 0 Å². The quantitative estimate of drug-likeness (QED) is 0.824. The zero-order valence-electron chi connectivity index (χ0n) is 12.8. The van der Waals surface area contributed by atoms with E-state index in [1.54, 1.807) is 0 Å². The van der Waals surface area contributed by atoms with Crippen molar-refractivity contribution < 1.29 is 4.74 Å². The largest absolute Gasteiger partial charge is 0.383 e. The molecule has 0 saturated heterocycles. The summed E-state index contributed by atoms with van der Waals surface area (Å²) in [6.07, 6.45) is 3.96. The van der Waals surface area contributed by atoms with Crippen molar-refractivity contribution in [3.63, 3.8) is 0 Å². The van der Waals surface area contributed by atoms with Crippen molar-refractivity contribution in [1.29, 1.82) is 0 Å². The highest BCUT2D eigenvalue weighted by Gasteiger charge is 2.14. The monoisotopic (exact) mass is 276 g/mol. The van der Waals surface area contributed by atoms with Crippen molar-refractivity contribution in [2.24, 2.45) is 0 Å². The Morgan fingerprint density at radius 2 is 2.00 bits per heavy atom. The van der Waals surface area contributed by atoms with Crippen LogP contribution in [0.25, 0.3) is 11.0 Å². The molecule has 20 heavy (non-hydrogen) atoms. The molecule has 0 spiro atoms. The molecule has 0 saturated carbocycles. The Kier molecular flexibility index (Phi) is 4.60. The number of fused-ring (bicyclic) bond motifs is 1. The predicted octanol–water partition coefficient (Wildman–Crippen LogP) is 2.84. The summed E-state index contributed by atoms with van der Waals surface area (Å²) in [5, 5.41) is 0.989. The first-order valence-corrected chi connectivity index (χ1v) is 7.19. The molecule has 0 amide bonds. The van der Waals surface area contributed by atoms with E-state index in [-0.39, 0.29) is 0 Å². The number of aromatic nitrogens is 3. The van der Waals surface area contributed by atoms with Gasteiger partial charge in [0.1, 0.15) is 17.8 Å². The standard InChI is InChI=1S/C15H24N4O/c1-10(2)20-8-6-5-7-19-12(4)11(3)13-14(16)17-9-18-15(13)19/h9-10H,5-8H2,1-4H3,(H2,16,17,18). The van der Waals surface area contributed by atoms with Crippen LogP contribution in [0.15, 0.2) is 6.33 Å². The second-order valence-electron chi connectivity index (χ2n) is 5.45. The minimum Gasteiger partial charge on any atom is -0.383 e. The van der Waals surface area contributed by atoms with Crippen LogP contribution in [-0.4, -0.2) is 27.2 Å². The molecule has 0 aliphatic carbocycles. The van der Waals surface area contributed by atoms with E-state index in [1.165, 1.54) is 17.6 Å². The van der Waals surface area contributed by atoms with Crippen molar-refractivity contribution in [3.8, 4) is 0 Å². The van der Waals surface area contributed by atoms with Crippen LogP contribution < -0.4 is 5.73 Å². The molecule has 5 nitrogen and oxygen atoms in total. The summed E-state index contributed by atoms with van der Waals surface area (Å²) in [6, 6.07) is 0. The van der Waals surface area contributed by atoms with Crippen molar-refractivity contribution in [2.45, 2.75) is 53.2 Å². The Morgan fingerprint density at radius 3 is 2.70 bits per heavy atom. The lowest BCUT2D eigenvalue weighted by atomic mass is 10.2. The van der Waals surface area contributed by atoms with Gasteiger partial charge in [0.2, 0.25) is 0 Å². The Hall–Kier alpha value is -1.62. The Bertz CT molecular complexity index is 589. The fraction of sp³-hybridized carbons (Fsp3) is 0.600. The van der Waals surface area contributed by atoms with Crippen LogP contribution in [0.3, 0.4) is 0 Å². The zero-order chi connectivity index (χ0) is 14.7. The van der Waals surface area contributed by atoms with Gasteiger partial charge in [0, 0.05) is 18.8 Å². The average molecular weight is 276 g/mol. The number of aryl methyl sites for hydroxylation is 2. The Morgan fingerprint density at radius 1 is 1.25 bits per heavy atom. The van der Waals surface area contributed by atoms with Crippen LogP contribution in [0.4, 0.5) is 5.82 Å². The molecule has 0 aromatic carbocycles. The first-order valence-electron chi connectivity index (χ1n) is 7.19. The van der Waals surface area contributed by atoms with Gasteiger partial charge in [-0.05, 0) is 46.1 Å². The topological polar surface area (TPSA) is 66.0 Å². The van der Waals surface area contributed by atoms with Crippen LogP contribution in [0.1, 0.15) is 37.9 Å². The second kappa shape index (κ2) is 6.22. The lowest BCUT2D eigenvalue weighted by Gasteiger charge is -2.09. The number of rotatable bonds is 6. The molecule has 0 bridgehead atoms. The maximum Gasteiger partial charge on any atom is 0.145 e. The number of anilines is 1. The molecule has 0 aliphatic rings. The molecular formula is C15H24N4O. The summed E-state index contributed by atoms with van der Waals surface area (Å²) in [7, 11) is 0. The summed E-state index contributed by atoms with van der Waals surface area (Å²) in [5.41, 5.74) is 9.30. The van der Waals surface area contributed by atoms with E-state index in [2.05, 4.69) is 42.2 Å². The molecule has 2 heterocycles. The maximum atomic E-state index is 5.96. The van der Waals surface area contributed by atoms with Gasteiger partial charge in [0.15, 0.2) is 0 Å². The SMILES string of the molecule is Cc1c(C)n(CCCCOC(C)C)c2ncnc(N)c12. The van der Waals surface area contributed by atoms with E-state index in [0.717, 1.165) is 37.0 Å². The zero-order valence-corrected chi connectivity index (χ0v) is 12.8.